The molecule has 1 aliphatic rings. The summed E-state index contributed by atoms with van der Waals surface area (Å²) in [5.74, 6) is -0.0522. The maximum Gasteiger partial charge on any atom is 0.253 e. The Bertz CT molecular complexity index is 834. The SMILES string of the molecule is Cc1ccccc1CNC(=O)[C@@]1(C)CCCN(C(=O)c2ccc(Cl)cc2)C1. The lowest BCUT2D eigenvalue weighted by molar-refractivity contribution is -0.132. The van der Waals surface area contributed by atoms with Crippen molar-refractivity contribution in [3.8, 4) is 0 Å². The number of hydrogen-bond acceptors (Lipinski definition) is 2. The average Bonchev–Trinajstić information content (AvgIpc) is 2.67. The summed E-state index contributed by atoms with van der Waals surface area (Å²) in [6, 6.07) is 14.9. The maximum absolute atomic E-state index is 12.9. The number of carbonyl (C=O) groups is 2. The molecule has 1 saturated heterocycles. The third-order valence-electron chi connectivity index (χ3n) is 5.32. The first-order valence-electron chi connectivity index (χ1n) is 9.27. The molecule has 1 heterocycles. The molecule has 27 heavy (non-hydrogen) atoms. The van der Waals surface area contributed by atoms with Gasteiger partial charge in [-0.25, -0.2) is 0 Å². The Morgan fingerprint density at radius 3 is 2.56 bits per heavy atom. The van der Waals surface area contributed by atoms with E-state index in [4.69, 9.17) is 11.6 Å². The van der Waals surface area contributed by atoms with E-state index in [0.29, 0.717) is 30.2 Å². The van der Waals surface area contributed by atoms with E-state index in [-0.39, 0.29) is 11.8 Å². The summed E-state index contributed by atoms with van der Waals surface area (Å²) in [5, 5.41) is 3.66. The van der Waals surface area contributed by atoms with E-state index in [0.717, 1.165) is 24.0 Å². The fraction of sp³-hybridized carbons (Fsp3) is 0.364. The lowest BCUT2D eigenvalue weighted by Crippen LogP contribution is -2.51. The summed E-state index contributed by atoms with van der Waals surface area (Å²) >= 11 is 5.91. The molecule has 1 aliphatic heterocycles. The monoisotopic (exact) mass is 384 g/mol. The molecular weight excluding hydrogens is 360 g/mol. The number of aryl methyl sites for hydroxylation is 1. The number of likely N-dealkylation sites (tertiary alicyclic amines) is 1. The molecule has 142 valence electrons. The molecule has 2 aromatic carbocycles. The van der Waals surface area contributed by atoms with Gasteiger partial charge in [-0.15, -0.1) is 0 Å². The highest BCUT2D eigenvalue weighted by Crippen LogP contribution is 2.31. The van der Waals surface area contributed by atoms with E-state index < -0.39 is 5.41 Å². The Hall–Kier alpha value is -2.33. The van der Waals surface area contributed by atoms with Crippen molar-refractivity contribution in [2.75, 3.05) is 13.1 Å². The first-order chi connectivity index (χ1) is 12.9. The molecule has 1 N–H and O–H groups in total. The number of piperidine rings is 1. The molecule has 1 atom stereocenters. The first-order valence-corrected chi connectivity index (χ1v) is 9.64. The second-order valence-electron chi connectivity index (χ2n) is 7.51. The van der Waals surface area contributed by atoms with Crippen LogP contribution in [0.2, 0.25) is 5.02 Å². The van der Waals surface area contributed by atoms with Gasteiger partial charge in [-0.05, 0) is 62.1 Å². The van der Waals surface area contributed by atoms with E-state index in [1.165, 1.54) is 0 Å². The maximum atomic E-state index is 12.9. The van der Waals surface area contributed by atoms with Gasteiger partial charge in [-0.1, -0.05) is 35.9 Å². The molecule has 0 radical (unpaired) electrons. The van der Waals surface area contributed by atoms with Gasteiger partial charge in [0.05, 0.1) is 5.41 Å². The average molecular weight is 385 g/mol. The van der Waals surface area contributed by atoms with Gasteiger partial charge in [0.2, 0.25) is 5.91 Å². The lowest BCUT2D eigenvalue weighted by atomic mass is 9.80. The van der Waals surface area contributed by atoms with Crippen molar-refractivity contribution in [1.82, 2.24) is 10.2 Å². The van der Waals surface area contributed by atoms with E-state index in [9.17, 15) is 9.59 Å². The van der Waals surface area contributed by atoms with E-state index in [1.54, 1.807) is 29.2 Å². The normalized spacial score (nSPS) is 19.6. The van der Waals surface area contributed by atoms with Crippen LogP contribution in [0.25, 0.3) is 0 Å². The van der Waals surface area contributed by atoms with Crippen LogP contribution < -0.4 is 5.32 Å². The van der Waals surface area contributed by atoms with Crippen molar-refractivity contribution in [2.45, 2.75) is 33.2 Å². The van der Waals surface area contributed by atoms with Crippen LogP contribution >= 0.6 is 11.6 Å². The van der Waals surface area contributed by atoms with E-state index in [1.807, 2.05) is 38.1 Å². The predicted molar refractivity (Wildman–Crippen MR) is 108 cm³/mol. The minimum atomic E-state index is -0.580. The van der Waals surface area contributed by atoms with Gasteiger partial charge < -0.3 is 10.2 Å². The summed E-state index contributed by atoms with van der Waals surface area (Å²) in [6.45, 7) is 5.58. The highest BCUT2D eigenvalue weighted by atomic mass is 35.5. The van der Waals surface area contributed by atoms with Crippen molar-refractivity contribution in [1.29, 1.82) is 0 Å². The van der Waals surface area contributed by atoms with Crippen LogP contribution in [0, 0.1) is 12.3 Å². The number of rotatable bonds is 4. The Morgan fingerprint density at radius 2 is 1.85 bits per heavy atom. The number of nitrogens with one attached hydrogen (secondary N) is 1. The van der Waals surface area contributed by atoms with Crippen LogP contribution in [-0.4, -0.2) is 29.8 Å². The molecule has 5 heteroatoms. The summed E-state index contributed by atoms with van der Waals surface area (Å²) in [6.07, 6.45) is 1.59. The van der Waals surface area contributed by atoms with Gasteiger partial charge >= 0.3 is 0 Å². The topological polar surface area (TPSA) is 49.4 Å². The molecule has 1 fully saturated rings. The van der Waals surface area contributed by atoms with Crippen LogP contribution in [0.15, 0.2) is 48.5 Å². The number of hydrogen-bond donors (Lipinski definition) is 1. The lowest BCUT2D eigenvalue weighted by Gasteiger charge is -2.39. The van der Waals surface area contributed by atoms with Crippen LogP contribution in [0.5, 0.6) is 0 Å². The Kier molecular flexibility index (Phi) is 5.85. The quantitative estimate of drug-likeness (QED) is 0.858. The number of amides is 2. The van der Waals surface area contributed by atoms with Crippen LogP contribution in [0.3, 0.4) is 0 Å². The van der Waals surface area contributed by atoms with Crippen molar-refractivity contribution >= 4 is 23.4 Å². The van der Waals surface area contributed by atoms with Crippen molar-refractivity contribution < 1.29 is 9.59 Å². The van der Waals surface area contributed by atoms with Gasteiger partial charge in [0.15, 0.2) is 0 Å². The molecule has 0 spiro atoms. The summed E-state index contributed by atoms with van der Waals surface area (Å²) in [5.41, 5.74) is 2.29. The van der Waals surface area contributed by atoms with E-state index >= 15 is 0 Å². The minimum absolute atomic E-state index is 0.000593. The third kappa shape index (κ3) is 4.51. The molecule has 2 aromatic rings. The summed E-state index contributed by atoms with van der Waals surface area (Å²) in [4.78, 5) is 27.5. The zero-order chi connectivity index (χ0) is 19.4. The van der Waals surface area contributed by atoms with E-state index in [2.05, 4.69) is 5.32 Å². The van der Waals surface area contributed by atoms with Crippen molar-refractivity contribution in [2.24, 2.45) is 5.41 Å². The predicted octanol–water partition coefficient (Wildman–Crippen LogP) is 4.21. The largest absolute Gasteiger partial charge is 0.351 e. The van der Waals surface area contributed by atoms with Crippen molar-refractivity contribution in [3.63, 3.8) is 0 Å². The van der Waals surface area contributed by atoms with Gasteiger partial charge in [0, 0.05) is 30.2 Å². The fourth-order valence-corrected chi connectivity index (χ4v) is 3.70. The minimum Gasteiger partial charge on any atom is -0.351 e. The van der Waals surface area contributed by atoms with Crippen LogP contribution in [0.1, 0.15) is 41.3 Å². The highest BCUT2D eigenvalue weighted by molar-refractivity contribution is 6.30. The number of halogens is 1. The van der Waals surface area contributed by atoms with Gasteiger partial charge in [-0.2, -0.15) is 0 Å². The molecule has 3 rings (SSSR count). The second kappa shape index (κ2) is 8.13. The van der Waals surface area contributed by atoms with Crippen molar-refractivity contribution in [3.05, 3.63) is 70.2 Å². The third-order valence-corrected chi connectivity index (χ3v) is 5.58. The molecule has 4 nitrogen and oxygen atoms in total. The van der Waals surface area contributed by atoms with Crippen LogP contribution in [0.4, 0.5) is 0 Å². The highest BCUT2D eigenvalue weighted by Gasteiger charge is 2.39. The number of benzene rings is 2. The molecule has 0 aromatic heterocycles. The summed E-state index contributed by atoms with van der Waals surface area (Å²) < 4.78 is 0. The first kappa shape index (κ1) is 19.4. The Labute approximate surface area is 165 Å². The zero-order valence-electron chi connectivity index (χ0n) is 15.8. The standard InChI is InChI=1S/C22H25ClN2O2/c1-16-6-3-4-7-18(16)14-24-21(27)22(2)12-5-13-25(15-22)20(26)17-8-10-19(23)11-9-17/h3-4,6-11H,5,12-15H2,1-2H3,(H,24,27)/t22-/m0/s1. The molecule has 2 amide bonds. The molecule has 0 saturated carbocycles. The van der Waals surface area contributed by atoms with Gasteiger partial charge in [0.25, 0.3) is 5.91 Å². The fourth-order valence-electron chi connectivity index (χ4n) is 3.57. The molecule has 0 aliphatic carbocycles. The Morgan fingerprint density at radius 1 is 1.15 bits per heavy atom. The molecule has 0 unspecified atom stereocenters. The number of nitrogens with zero attached hydrogens (tertiary/aromatic N) is 1. The Balaban J connectivity index is 1.66. The molecular formula is C22H25ClN2O2. The van der Waals surface area contributed by atoms with Crippen LogP contribution in [-0.2, 0) is 11.3 Å². The van der Waals surface area contributed by atoms with Gasteiger partial charge in [-0.3, -0.25) is 9.59 Å². The molecule has 0 bridgehead atoms. The smallest absolute Gasteiger partial charge is 0.253 e. The second-order valence-corrected chi connectivity index (χ2v) is 7.94. The number of carbonyl (C=O) groups excluding carboxylic acids is 2. The summed E-state index contributed by atoms with van der Waals surface area (Å²) in [7, 11) is 0. The van der Waals surface area contributed by atoms with Gasteiger partial charge in [0.1, 0.15) is 0 Å². The zero-order valence-corrected chi connectivity index (χ0v) is 16.6.